The lowest BCUT2D eigenvalue weighted by Crippen LogP contribution is -2.06. The van der Waals surface area contributed by atoms with Gasteiger partial charge < -0.3 is 5.11 Å². The Balaban J connectivity index is 2.23. The van der Waals surface area contributed by atoms with Crippen molar-refractivity contribution >= 4 is 17.6 Å². The average Bonchev–Trinajstić information content (AvgIpc) is 3.19. The molecule has 1 saturated carbocycles. The van der Waals surface area contributed by atoms with Crippen LogP contribution in [0, 0.1) is 0 Å². The number of hydrogen-bond acceptors (Lipinski definition) is 2. The van der Waals surface area contributed by atoms with Crippen molar-refractivity contribution in [3.05, 3.63) is 46.2 Å². The molecule has 0 aliphatic heterocycles. The third-order valence-electron chi connectivity index (χ3n) is 3.60. The highest BCUT2D eigenvalue weighted by atomic mass is 35.5. The van der Waals surface area contributed by atoms with Gasteiger partial charge in [0.25, 0.3) is 0 Å². The van der Waals surface area contributed by atoms with Crippen LogP contribution in [0.5, 0.6) is 0 Å². The molecule has 20 heavy (non-hydrogen) atoms. The highest BCUT2D eigenvalue weighted by Crippen LogP contribution is 2.42. The largest absolute Gasteiger partial charge is 0.478 e. The smallest absolute Gasteiger partial charge is 0.339 e. The van der Waals surface area contributed by atoms with Crippen molar-refractivity contribution in [3.63, 3.8) is 0 Å². The Bertz CT molecular complexity index is 675. The number of nitrogens with zero attached hydrogens (tertiary/aromatic N) is 2. The first-order chi connectivity index (χ1) is 9.63. The van der Waals surface area contributed by atoms with E-state index < -0.39 is 5.97 Å². The molecule has 0 saturated heterocycles. The molecule has 3 rings (SSSR count). The first kappa shape index (κ1) is 13.2. The van der Waals surface area contributed by atoms with E-state index in [0.29, 0.717) is 28.4 Å². The highest BCUT2D eigenvalue weighted by Gasteiger charge is 2.34. The number of halogens is 1. The Labute approximate surface area is 122 Å². The topological polar surface area (TPSA) is 55.1 Å². The zero-order chi connectivity index (χ0) is 14.3. The highest BCUT2D eigenvalue weighted by molar-refractivity contribution is 6.32. The third kappa shape index (κ3) is 2.10. The fraction of sp³-hybridized carbons (Fsp3) is 0.333. The molecule has 1 aliphatic carbocycles. The normalized spacial score (nSPS) is 14.5. The van der Waals surface area contributed by atoms with E-state index in [1.54, 1.807) is 10.7 Å². The Morgan fingerprint density at radius 1 is 1.45 bits per heavy atom. The first-order valence-corrected chi connectivity index (χ1v) is 7.11. The van der Waals surface area contributed by atoms with Gasteiger partial charge >= 0.3 is 5.97 Å². The predicted molar refractivity (Wildman–Crippen MR) is 76.9 cm³/mol. The van der Waals surface area contributed by atoms with Gasteiger partial charge in [-0.1, -0.05) is 30.7 Å². The summed E-state index contributed by atoms with van der Waals surface area (Å²) in [7, 11) is 0. The summed E-state index contributed by atoms with van der Waals surface area (Å²) in [4.78, 5) is 11.6. The SMILES string of the molecule is CCc1c(C(=O)O)c(C2CC2)nn1-c1ccccc1Cl. The van der Waals surface area contributed by atoms with Crippen LogP contribution in [0.1, 0.15) is 47.4 Å². The van der Waals surface area contributed by atoms with Crippen LogP contribution in [0.2, 0.25) is 5.02 Å². The maximum atomic E-state index is 11.6. The summed E-state index contributed by atoms with van der Waals surface area (Å²) in [5.74, 6) is -0.614. The molecule has 1 aromatic heterocycles. The number of aromatic nitrogens is 2. The second kappa shape index (κ2) is 4.94. The van der Waals surface area contributed by atoms with E-state index in [1.165, 1.54) is 0 Å². The lowest BCUT2D eigenvalue weighted by molar-refractivity contribution is 0.0694. The second-order valence-corrected chi connectivity index (χ2v) is 5.41. The van der Waals surface area contributed by atoms with Crippen LogP contribution in [0.25, 0.3) is 5.69 Å². The molecule has 0 spiro atoms. The van der Waals surface area contributed by atoms with E-state index >= 15 is 0 Å². The van der Waals surface area contributed by atoms with Gasteiger partial charge in [-0.25, -0.2) is 9.48 Å². The minimum Gasteiger partial charge on any atom is -0.478 e. The summed E-state index contributed by atoms with van der Waals surface area (Å²) in [6.07, 6.45) is 2.64. The van der Waals surface area contributed by atoms with Crippen LogP contribution in [0.3, 0.4) is 0 Å². The number of carboxylic acids is 1. The number of para-hydroxylation sites is 1. The number of hydrogen-bond donors (Lipinski definition) is 1. The molecule has 1 N–H and O–H groups in total. The van der Waals surface area contributed by atoms with Gasteiger partial charge in [0.2, 0.25) is 0 Å². The molecule has 2 aromatic rings. The van der Waals surface area contributed by atoms with E-state index in [9.17, 15) is 9.90 Å². The molecular formula is C15H15ClN2O2. The van der Waals surface area contributed by atoms with E-state index in [1.807, 2.05) is 25.1 Å². The summed E-state index contributed by atoms with van der Waals surface area (Å²) in [5, 5.41) is 14.6. The maximum absolute atomic E-state index is 11.6. The predicted octanol–water partition coefficient (Wildman–Crippen LogP) is 3.66. The van der Waals surface area contributed by atoms with Crippen molar-refractivity contribution in [1.29, 1.82) is 0 Å². The zero-order valence-corrected chi connectivity index (χ0v) is 11.9. The van der Waals surface area contributed by atoms with E-state index in [0.717, 1.165) is 18.5 Å². The van der Waals surface area contributed by atoms with Gasteiger partial charge in [0.05, 0.1) is 22.1 Å². The number of carbonyl (C=O) groups is 1. The van der Waals surface area contributed by atoms with Gasteiger partial charge in [-0.15, -0.1) is 0 Å². The van der Waals surface area contributed by atoms with E-state index in [2.05, 4.69) is 5.10 Å². The summed E-state index contributed by atoms with van der Waals surface area (Å²) in [6.45, 7) is 1.94. The van der Waals surface area contributed by atoms with Gasteiger partial charge in [0, 0.05) is 5.92 Å². The maximum Gasteiger partial charge on any atom is 0.339 e. The molecule has 104 valence electrons. The van der Waals surface area contributed by atoms with Crippen LogP contribution in [0.4, 0.5) is 0 Å². The van der Waals surface area contributed by atoms with E-state index in [4.69, 9.17) is 11.6 Å². The zero-order valence-electron chi connectivity index (χ0n) is 11.1. The third-order valence-corrected chi connectivity index (χ3v) is 3.92. The minimum atomic E-state index is -0.901. The average molecular weight is 291 g/mol. The summed E-state index contributed by atoms with van der Waals surface area (Å²) < 4.78 is 1.69. The molecule has 0 amide bonds. The number of rotatable bonds is 4. The molecule has 1 aliphatic rings. The molecule has 1 fully saturated rings. The fourth-order valence-corrected chi connectivity index (χ4v) is 2.71. The fourth-order valence-electron chi connectivity index (χ4n) is 2.50. The standard InChI is InChI=1S/C15H15ClN2O2/c1-2-11-13(15(19)20)14(9-7-8-9)17-18(11)12-6-4-3-5-10(12)16/h3-6,9H,2,7-8H2,1H3,(H,19,20). The van der Waals surface area contributed by atoms with Gasteiger partial charge in [0.15, 0.2) is 0 Å². The Morgan fingerprint density at radius 3 is 2.70 bits per heavy atom. The number of benzene rings is 1. The first-order valence-electron chi connectivity index (χ1n) is 6.73. The summed E-state index contributed by atoms with van der Waals surface area (Å²) in [5.41, 5.74) is 2.51. The Kier molecular flexibility index (Phi) is 3.26. The Hall–Kier alpha value is -1.81. The van der Waals surface area contributed by atoms with Crippen LogP contribution < -0.4 is 0 Å². The van der Waals surface area contributed by atoms with Gasteiger partial charge in [-0.2, -0.15) is 5.10 Å². The lowest BCUT2D eigenvalue weighted by Gasteiger charge is -2.08. The van der Waals surface area contributed by atoms with Crippen molar-refractivity contribution in [1.82, 2.24) is 9.78 Å². The summed E-state index contributed by atoms with van der Waals surface area (Å²) in [6, 6.07) is 7.37. The van der Waals surface area contributed by atoms with Crippen LogP contribution in [-0.4, -0.2) is 20.9 Å². The van der Waals surface area contributed by atoms with Crippen LogP contribution >= 0.6 is 11.6 Å². The molecular weight excluding hydrogens is 276 g/mol. The Morgan fingerprint density at radius 2 is 2.15 bits per heavy atom. The van der Waals surface area contributed by atoms with Gasteiger partial charge in [-0.3, -0.25) is 0 Å². The molecule has 1 aromatic carbocycles. The van der Waals surface area contributed by atoms with Crippen molar-refractivity contribution < 1.29 is 9.90 Å². The van der Waals surface area contributed by atoms with Crippen molar-refractivity contribution in [3.8, 4) is 5.69 Å². The molecule has 0 radical (unpaired) electrons. The van der Waals surface area contributed by atoms with Crippen molar-refractivity contribution in [2.45, 2.75) is 32.1 Å². The number of aromatic carboxylic acids is 1. The molecule has 4 nitrogen and oxygen atoms in total. The van der Waals surface area contributed by atoms with Crippen LogP contribution in [0.15, 0.2) is 24.3 Å². The van der Waals surface area contributed by atoms with E-state index in [-0.39, 0.29) is 5.92 Å². The molecule has 0 atom stereocenters. The second-order valence-electron chi connectivity index (χ2n) is 5.00. The van der Waals surface area contributed by atoms with Gasteiger partial charge in [-0.05, 0) is 31.4 Å². The monoisotopic (exact) mass is 290 g/mol. The lowest BCUT2D eigenvalue weighted by atomic mass is 10.1. The van der Waals surface area contributed by atoms with Crippen molar-refractivity contribution in [2.24, 2.45) is 0 Å². The molecule has 5 heteroatoms. The minimum absolute atomic E-state index is 0.287. The van der Waals surface area contributed by atoms with Crippen molar-refractivity contribution in [2.75, 3.05) is 0 Å². The molecule has 1 heterocycles. The number of carboxylic acid groups (broad SMARTS) is 1. The summed E-state index contributed by atoms with van der Waals surface area (Å²) >= 11 is 6.22. The molecule has 0 unspecified atom stereocenters. The van der Waals surface area contributed by atoms with Crippen LogP contribution in [-0.2, 0) is 6.42 Å². The van der Waals surface area contributed by atoms with Gasteiger partial charge in [0.1, 0.15) is 5.56 Å². The molecule has 0 bridgehead atoms. The quantitative estimate of drug-likeness (QED) is 0.935.